The van der Waals surface area contributed by atoms with Gasteiger partial charge >= 0.3 is 226 Å². The summed E-state index contributed by atoms with van der Waals surface area (Å²) in [5, 5.41) is 0. The van der Waals surface area contributed by atoms with E-state index in [2.05, 4.69) is 140 Å². The van der Waals surface area contributed by atoms with Gasteiger partial charge in [0, 0.05) is 0 Å². The number of rotatable bonds is 5. The number of hydrogen-bond donors (Lipinski definition) is 0. The van der Waals surface area contributed by atoms with Crippen LogP contribution >= 0.6 is 0 Å². The van der Waals surface area contributed by atoms with Crippen LogP contribution in [0.5, 0.6) is 0 Å². The fourth-order valence-electron chi connectivity index (χ4n) is 6.29. The molecule has 1 atom stereocenters. The Hall–Kier alpha value is -2.48. The average molecular weight is 646 g/mol. The Labute approximate surface area is 224 Å². The molecular weight excluding hydrogens is 618 g/mol. The van der Waals surface area contributed by atoms with Crippen molar-refractivity contribution in [2.45, 2.75) is 10.0 Å². The molecule has 171 valence electrons. The van der Waals surface area contributed by atoms with Crippen molar-refractivity contribution in [3.05, 3.63) is 156 Å². The summed E-state index contributed by atoms with van der Waals surface area (Å²) in [5.74, 6) is 0. The molecular formula is C34H27SnZr. The summed E-state index contributed by atoms with van der Waals surface area (Å²) in [7, 11) is 0. The van der Waals surface area contributed by atoms with E-state index < -0.39 is 32.8 Å². The molecule has 5 aromatic carbocycles. The van der Waals surface area contributed by atoms with Gasteiger partial charge in [-0.25, -0.2) is 0 Å². The first-order chi connectivity index (χ1) is 17.9. The summed E-state index contributed by atoms with van der Waals surface area (Å²) in [5.41, 5.74) is 9.08. The van der Waals surface area contributed by atoms with E-state index in [9.17, 15) is 0 Å². The van der Waals surface area contributed by atoms with E-state index in [1.165, 1.54) is 22.3 Å². The van der Waals surface area contributed by atoms with Gasteiger partial charge in [0.1, 0.15) is 0 Å². The molecule has 5 aromatic rings. The molecule has 2 aliphatic rings. The predicted molar refractivity (Wildman–Crippen MR) is 152 cm³/mol. The van der Waals surface area contributed by atoms with Crippen LogP contribution in [0.4, 0.5) is 0 Å². The van der Waals surface area contributed by atoms with Gasteiger partial charge in [-0.1, -0.05) is 0 Å². The summed E-state index contributed by atoms with van der Waals surface area (Å²) < 4.78 is 5.71. The first-order valence-corrected chi connectivity index (χ1v) is 29.9. The maximum absolute atomic E-state index is 2.59. The van der Waals surface area contributed by atoms with Crippen LogP contribution in [0, 0.1) is 0 Å². The van der Waals surface area contributed by atoms with Crippen LogP contribution in [0.3, 0.4) is 0 Å². The first-order valence-electron chi connectivity index (χ1n) is 12.8. The van der Waals surface area contributed by atoms with E-state index in [1.54, 1.807) is 21.6 Å². The zero-order chi connectivity index (χ0) is 23.9. The van der Waals surface area contributed by atoms with Crippen molar-refractivity contribution >= 4 is 31.7 Å². The third kappa shape index (κ3) is 3.92. The second-order valence-electron chi connectivity index (χ2n) is 9.84. The van der Waals surface area contributed by atoms with Crippen LogP contribution in [0.15, 0.2) is 133 Å². The number of allylic oxidation sites excluding steroid dienone is 1. The van der Waals surface area contributed by atoms with Gasteiger partial charge in [-0.15, -0.1) is 0 Å². The molecule has 0 bridgehead atoms. The quantitative estimate of drug-likeness (QED) is 0.208. The zero-order valence-electron chi connectivity index (χ0n) is 20.1. The fraction of sp³-hybridized carbons (Fsp3) is 0.0588. The Kier molecular flexibility index (Phi) is 6.16. The minimum absolute atomic E-state index is 0.597. The van der Waals surface area contributed by atoms with E-state index in [1.807, 2.05) is 0 Å². The standard InChI is InChI=1S/C13H9.C9H7.2C6H5.Sn.Zr.H/c1-3-7-12-10(5-1)9-11-6-2-4-8-13(11)12;1-2-5-9-7-3-6-8(9)4-1;2*1-2-4-6-5-3-1;;;/h1-5,7-8H,9H2;1-7H;2*1-5H;;;. The van der Waals surface area contributed by atoms with Crippen LogP contribution in [0.25, 0.3) is 17.2 Å². The Morgan fingerprint density at radius 1 is 0.583 bits per heavy atom. The molecule has 0 radical (unpaired) electrons. The molecule has 0 saturated heterocycles. The molecule has 1 unspecified atom stereocenters. The third-order valence-corrected chi connectivity index (χ3v) is 53.8. The third-order valence-electron chi connectivity index (χ3n) is 7.87. The predicted octanol–water partition coefficient (Wildman–Crippen LogP) is 5.81. The van der Waals surface area contributed by atoms with E-state index in [4.69, 9.17) is 0 Å². The summed E-state index contributed by atoms with van der Waals surface area (Å²) in [6.45, 7) is 0. The zero-order valence-corrected chi connectivity index (χ0v) is 25.9. The summed E-state index contributed by atoms with van der Waals surface area (Å²) in [6.07, 6.45) is 6.10. The molecule has 0 saturated carbocycles. The van der Waals surface area contributed by atoms with Gasteiger partial charge in [0.05, 0.1) is 0 Å². The maximum atomic E-state index is 2.59. The molecule has 0 spiro atoms. The second kappa shape index (κ2) is 9.77. The number of benzene rings is 5. The molecule has 0 aliphatic heterocycles. The SMILES string of the molecule is C1=C[CH]([Zr]([c]2cccc3c2Cc2ccccc2-3)[SnH]([c]2ccccc2)[c]2ccccc2)c2ccccc21. The molecule has 0 N–H and O–H groups in total. The molecule has 2 heteroatoms. The van der Waals surface area contributed by atoms with Crippen molar-refractivity contribution in [3.63, 3.8) is 0 Å². The molecule has 36 heavy (non-hydrogen) atoms. The van der Waals surface area contributed by atoms with Crippen molar-refractivity contribution in [1.82, 2.24) is 0 Å². The molecule has 0 fully saturated rings. The van der Waals surface area contributed by atoms with E-state index in [-0.39, 0.29) is 0 Å². The minimum atomic E-state index is -2.48. The van der Waals surface area contributed by atoms with Gasteiger partial charge in [0.15, 0.2) is 0 Å². The number of hydrogen-bond acceptors (Lipinski definition) is 0. The molecule has 7 rings (SSSR count). The fourth-order valence-corrected chi connectivity index (χ4v) is 58.7. The van der Waals surface area contributed by atoms with Crippen LogP contribution < -0.4 is 10.4 Å². The van der Waals surface area contributed by atoms with E-state index >= 15 is 0 Å². The van der Waals surface area contributed by atoms with Crippen molar-refractivity contribution < 1.29 is 17.6 Å². The molecule has 0 heterocycles. The average Bonchev–Trinajstić information content (AvgIpc) is 3.54. The topological polar surface area (TPSA) is 0 Å². The monoisotopic (exact) mass is 645 g/mol. The van der Waals surface area contributed by atoms with Crippen LogP contribution in [-0.4, -0.2) is 15.2 Å². The van der Waals surface area contributed by atoms with Crippen LogP contribution in [0.1, 0.15) is 25.9 Å². The van der Waals surface area contributed by atoms with Gasteiger partial charge in [-0.05, 0) is 0 Å². The van der Waals surface area contributed by atoms with Crippen molar-refractivity contribution in [1.29, 1.82) is 0 Å². The molecule has 0 aromatic heterocycles. The van der Waals surface area contributed by atoms with Crippen molar-refractivity contribution in [2.75, 3.05) is 0 Å². The van der Waals surface area contributed by atoms with Crippen molar-refractivity contribution in [3.8, 4) is 11.1 Å². The second-order valence-corrected chi connectivity index (χ2v) is 41.2. The van der Waals surface area contributed by atoms with Gasteiger partial charge in [0.2, 0.25) is 0 Å². The molecule has 2 aliphatic carbocycles. The van der Waals surface area contributed by atoms with E-state index in [0.717, 1.165) is 6.42 Å². The summed E-state index contributed by atoms with van der Waals surface area (Å²) in [4.78, 5) is 0. The van der Waals surface area contributed by atoms with Crippen LogP contribution in [0.2, 0.25) is 0 Å². The Balaban J connectivity index is 1.48. The molecule has 0 amide bonds. The van der Waals surface area contributed by atoms with Gasteiger partial charge in [0.25, 0.3) is 0 Å². The van der Waals surface area contributed by atoms with Gasteiger partial charge in [-0.2, -0.15) is 0 Å². The Bertz CT molecular complexity index is 1530. The molecule has 0 nitrogen and oxygen atoms in total. The Morgan fingerprint density at radius 2 is 1.22 bits per heavy atom. The number of fused-ring (bicyclic) bond motifs is 4. The normalized spacial score (nSPS) is 15.0. The van der Waals surface area contributed by atoms with Crippen molar-refractivity contribution in [2.24, 2.45) is 0 Å². The van der Waals surface area contributed by atoms with E-state index in [0.29, 0.717) is 3.63 Å². The summed E-state index contributed by atoms with van der Waals surface area (Å²) >= 11 is -4.81. The first kappa shape index (κ1) is 22.7. The van der Waals surface area contributed by atoms with Crippen LogP contribution in [-0.2, 0) is 24.0 Å². The Morgan fingerprint density at radius 3 is 2.00 bits per heavy atom. The van der Waals surface area contributed by atoms with Gasteiger partial charge < -0.3 is 0 Å². The van der Waals surface area contributed by atoms with Gasteiger partial charge in [-0.3, -0.25) is 0 Å². The summed E-state index contributed by atoms with van der Waals surface area (Å²) in [6, 6.07) is 48.8.